The van der Waals surface area contributed by atoms with Gasteiger partial charge in [0.25, 0.3) is 0 Å². The highest BCUT2D eigenvalue weighted by Gasteiger charge is 2.28. The maximum atomic E-state index is 6.71. The van der Waals surface area contributed by atoms with Crippen molar-refractivity contribution in [3.8, 4) is 11.1 Å². The van der Waals surface area contributed by atoms with Crippen molar-refractivity contribution in [3.05, 3.63) is 136 Å². The van der Waals surface area contributed by atoms with E-state index in [1.165, 1.54) is 50.1 Å². The number of rotatable bonds is 3. The summed E-state index contributed by atoms with van der Waals surface area (Å²) in [6.45, 7) is 0. The van der Waals surface area contributed by atoms with Gasteiger partial charge in [-0.25, -0.2) is 0 Å². The van der Waals surface area contributed by atoms with Crippen molar-refractivity contribution < 1.29 is 0 Å². The topological polar surface area (TPSA) is 0 Å². The van der Waals surface area contributed by atoms with Crippen molar-refractivity contribution in [2.24, 2.45) is 0 Å². The maximum absolute atomic E-state index is 6.71. The molecule has 0 radical (unpaired) electrons. The molecule has 1 unspecified atom stereocenters. The lowest BCUT2D eigenvalue weighted by molar-refractivity contribution is 0.832. The zero-order valence-corrected chi connectivity index (χ0v) is 18.8. The van der Waals surface area contributed by atoms with Gasteiger partial charge in [-0.2, -0.15) is 0 Å². The Morgan fingerprint density at radius 1 is 0.750 bits per heavy atom. The third-order valence-electron chi connectivity index (χ3n) is 7.01. The summed E-state index contributed by atoms with van der Waals surface area (Å²) >= 11 is 6.71. The summed E-state index contributed by atoms with van der Waals surface area (Å²) in [7, 11) is 0. The van der Waals surface area contributed by atoms with Crippen LogP contribution in [-0.4, -0.2) is 0 Å². The summed E-state index contributed by atoms with van der Waals surface area (Å²) in [5, 5.41) is 0.948. The molecule has 3 aromatic rings. The lowest BCUT2D eigenvalue weighted by atomic mass is 9.81. The molecule has 0 aromatic heterocycles. The number of fused-ring (bicyclic) bond motifs is 2. The predicted molar refractivity (Wildman–Crippen MR) is 136 cm³/mol. The van der Waals surface area contributed by atoms with Gasteiger partial charge in [-0.05, 0) is 81.9 Å². The van der Waals surface area contributed by atoms with Crippen LogP contribution in [0.5, 0.6) is 0 Å². The second kappa shape index (κ2) is 8.11. The Hall–Kier alpha value is -3.09. The molecule has 0 spiro atoms. The second-order valence-electron chi connectivity index (χ2n) is 8.96. The molecular formula is C31H25Cl. The minimum absolute atomic E-state index is 0.308. The van der Waals surface area contributed by atoms with E-state index in [-0.39, 0.29) is 0 Å². The molecule has 1 heteroatoms. The highest BCUT2D eigenvalue weighted by molar-refractivity contribution is 6.30. The molecule has 0 aliphatic heterocycles. The number of benzene rings is 3. The fraction of sp³-hybridized carbons (Fsp3) is 0.161. The summed E-state index contributed by atoms with van der Waals surface area (Å²) in [5.74, 6) is 0.308. The molecule has 3 aliphatic rings. The van der Waals surface area contributed by atoms with E-state index in [1.54, 1.807) is 0 Å². The van der Waals surface area contributed by atoms with Crippen LogP contribution in [0.25, 0.3) is 16.7 Å². The predicted octanol–water partition coefficient (Wildman–Crippen LogP) is 8.62. The minimum atomic E-state index is 0.308. The van der Waals surface area contributed by atoms with Gasteiger partial charge in [0.2, 0.25) is 0 Å². The molecule has 6 rings (SSSR count). The number of halogens is 1. The Labute approximate surface area is 195 Å². The monoisotopic (exact) mass is 432 g/mol. The molecule has 0 saturated heterocycles. The average molecular weight is 433 g/mol. The maximum Gasteiger partial charge on any atom is 0.0196 e. The average Bonchev–Trinajstić information content (AvgIpc) is 3.23. The van der Waals surface area contributed by atoms with Gasteiger partial charge >= 0.3 is 0 Å². The first kappa shape index (κ1) is 19.6. The first-order valence-electron chi connectivity index (χ1n) is 11.5. The van der Waals surface area contributed by atoms with Gasteiger partial charge < -0.3 is 0 Å². The van der Waals surface area contributed by atoms with E-state index in [0.29, 0.717) is 5.92 Å². The molecule has 0 fully saturated rings. The van der Waals surface area contributed by atoms with E-state index in [9.17, 15) is 0 Å². The molecule has 0 heterocycles. The highest BCUT2D eigenvalue weighted by atomic mass is 35.5. The Balaban J connectivity index is 1.32. The minimum Gasteiger partial charge on any atom is -0.0891 e. The Bertz CT molecular complexity index is 1300. The van der Waals surface area contributed by atoms with Crippen LogP contribution >= 0.6 is 11.6 Å². The molecule has 0 N–H and O–H groups in total. The van der Waals surface area contributed by atoms with Crippen LogP contribution in [0.15, 0.2) is 119 Å². The van der Waals surface area contributed by atoms with Crippen LogP contribution in [0.1, 0.15) is 41.9 Å². The normalized spacial score (nSPS) is 19.7. The fourth-order valence-electron chi connectivity index (χ4n) is 5.44. The van der Waals surface area contributed by atoms with E-state index < -0.39 is 0 Å². The molecular weight excluding hydrogens is 408 g/mol. The summed E-state index contributed by atoms with van der Waals surface area (Å²) in [6.07, 6.45) is 11.2. The molecule has 0 bridgehead atoms. The third-order valence-corrected chi connectivity index (χ3v) is 7.27. The summed E-state index contributed by atoms with van der Waals surface area (Å²) in [5.41, 5.74) is 12.5. The first-order chi connectivity index (χ1) is 15.8. The van der Waals surface area contributed by atoms with Crippen LogP contribution in [0.3, 0.4) is 0 Å². The smallest absolute Gasteiger partial charge is 0.0196 e. The summed E-state index contributed by atoms with van der Waals surface area (Å²) < 4.78 is 0. The first-order valence-corrected chi connectivity index (χ1v) is 11.9. The quantitative estimate of drug-likeness (QED) is 0.388. The van der Waals surface area contributed by atoms with Gasteiger partial charge in [-0.15, -0.1) is 0 Å². The Kier molecular flexibility index (Phi) is 4.97. The van der Waals surface area contributed by atoms with E-state index in [1.807, 2.05) is 0 Å². The van der Waals surface area contributed by atoms with Gasteiger partial charge in [0.1, 0.15) is 0 Å². The zero-order valence-electron chi connectivity index (χ0n) is 18.0. The highest BCUT2D eigenvalue weighted by Crippen LogP contribution is 2.46. The zero-order chi connectivity index (χ0) is 21.5. The molecule has 156 valence electrons. The van der Waals surface area contributed by atoms with Gasteiger partial charge in [0.05, 0.1) is 0 Å². The fourth-order valence-corrected chi connectivity index (χ4v) is 5.73. The summed E-state index contributed by atoms with van der Waals surface area (Å²) in [6, 6.07) is 28.5. The molecule has 0 amide bonds. The van der Waals surface area contributed by atoms with Crippen LogP contribution in [0.2, 0.25) is 0 Å². The summed E-state index contributed by atoms with van der Waals surface area (Å²) in [4.78, 5) is 0. The SMILES string of the molecule is ClC1=CC(C2=CCCC3=C2Cc2ccccc23)=CC(c2ccc(-c3ccccc3)cc2)C1. The van der Waals surface area contributed by atoms with E-state index >= 15 is 0 Å². The molecule has 32 heavy (non-hydrogen) atoms. The van der Waals surface area contributed by atoms with E-state index in [2.05, 4.69) is 97.1 Å². The number of allylic oxidation sites excluding steroid dienone is 8. The number of hydrogen-bond acceptors (Lipinski definition) is 0. The largest absolute Gasteiger partial charge is 0.0891 e. The standard InChI is InChI=1S/C31H25Cl/c32-27-18-25(23-15-13-22(14-16-23)21-7-2-1-3-8-21)17-26(19-27)29-11-6-12-30-28-10-5-4-9-24(28)20-31(29)30/h1-5,7-11,13-17,19,25H,6,12,18,20H2. The number of hydrogen-bond donors (Lipinski definition) is 0. The van der Waals surface area contributed by atoms with E-state index in [0.717, 1.165) is 30.7 Å². The van der Waals surface area contributed by atoms with Gasteiger partial charge in [-0.1, -0.05) is 103 Å². The second-order valence-corrected chi connectivity index (χ2v) is 9.44. The van der Waals surface area contributed by atoms with Gasteiger partial charge in [-0.3, -0.25) is 0 Å². The molecule has 1 atom stereocenters. The Morgan fingerprint density at radius 2 is 1.50 bits per heavy atom. The molecule has 0 nitrogen and oxygen atoms in total. The molecule has 3 aliphatic carbocycles. The third kappa shape index (κ3) is 3.49. The van der Waals surface area contributed by atoms with Crippen LogP contribution < -0.4 is 0 Å². The van der Waals surface area contributed by atoms with Crippen molar-refractivity contribution in [2.75, 3.05) is 0 Å². The van der Waals surface area contributed by atoms with Crippen molar-refractivity contribution in [1.82, 2.24) is 0 Å². The molecule has 0 saturated carbocycles. The van der Waals surface area contributed by atoms with Gasteiger partial charge in [0, 0.05) is 11.0 Å². The van der Waals surface area contributed by atoms with Crippen molar-refractivity contribution in [2.45, 2.75) is 31.6 Å². The van der Waals surface area contributed by atoms with Crippen molar-refractivity contribution in [3.63, 3.8) is 0 Å². The van der Waals surface area contributed by atoms with Crippen LogP contribution in [-0.2, 0) is 6.42 Å². The van der Waals surface area contributed by atoms with Crippen molar-refractivity contribution in [1.29, 1.82) is 0 Å². The lowest BCUT2D eigenvalue weighted by Gasteiger charge is -2.24. The van der Waals surface area contributed by atoms with Crippen LogP contribution in [0.4, 0.5) is 0 Å². The Morgan fingerprint density at radius 3 is 2.34 bits per heavy atom. The van der Waals surface area contributed by atoms with Crippen molar-refractivity contribution >= 4 is 17.2 Å². The molecule has 3 aromatic carbocycles. The van der Waals surface area contributed by atoms with E-state index in [4.69, 9.17) is 11.6 Å². The lowest BCUT2D eigenvalue weighted by Crippen LogP contribution is -2.06. The van der Waals surface area contributed by atoms with Gasteiger partial charge in [0.15, 0.2) is 0 Å². The van der Waals surface area contributed by atoms with Crippen LogP contribution in [0, 0.1) is 0 Å².